The van der Waals surface area contributed by atoms with Crippen molar-refractivity contribution in [2.45, 2.75) is 6.92 Å². The number of nitrogens with one attached hydrogen (secondary N) is 1. The molecule has 0 aliphatic heterocycles. The first-order valence-corrected chi connectivity index (χ1v) is 8.18. The van der Waals surface area contributed by atoms with E-state index >= 15 is 0 Å². The number of aromatic nitrogens is 1. The molecular formula is C14H15N3O2S. The number of nitrogens with zero attached hydrogens (tertiary/aromatic N) is 2. The Labute approximate surface area is 118 Å². The van der Waals surface area contributed by atoms with Gasteiger partial charge in [-0.2, -0.15) is 5.26 Å². The maximum atomic E-state index is 11.2. The minimum Gasteiger partial charge on any atom is -0.382 e. The van der Waals surface area contributed by atoms with Crippen molar-refractivity contribution >= 4 is 26.4 Å². The van der Waals surface area contributed by atoms with Crippen LogP contribution in [-0.4, -0.2) is 32.0 Å². The fourth-order valence-corrected chi connectivity index (χ4v) is 2.48. The average Bonchev–Trinajstić information content (AvgIpc) is 2.38. The van der Waals surface area contributed by atoms with Crippen molar-refractivity contribution in [1.29, 1.82) is 5.26 Å². The maximum Gasteiger partial charge on any atom is 0.149 e. The molecule has 20 heavy (non-hydrogen) atoms. The van der Waals surface area contributed by atoms with E-state index in [9.17, 15) is 8.42 Å². The largest absolute Gasteiger partial charge is 0.382 e. The average molecular weight is 289 g/mol. The molecule has 6 heteroatoms. The fraction of sp³-hybridized carbons (Fsp3) is 0.286. The maximum absolute atomic E-state index is 11.2. The van der Waals surface area contributed by atoms with Crippen molar-refractivity contribution in [1.82, 2.24) is 4.98 Å². The number of fused-ring (bicyclic) bond motifs is 1. The van der Waals surface area contributed by atoms with Crippen LogP contribution in [0, 0.1) is 18.3 Å². The standard InChI is InChI=1S/C14H15N3O2S/c1-10-4-3-5-12-13(10)17-9-11(8-15)14(12)16-6-7-20(2,18)19/h3-5,9H,6-7H2,1-2H3,(H,16,17). The Morgan fingerprint density at radius 3 is 2.80 bits per heavy atom. The number of nitriles is 1. The van der Waals surface area contributed by atoms with E-state index in [0.29, 0.717) is 11.3 Å². The lowest BCUT2D eigenvalue weighted by molar-refractivity contribution is 0.602. The molecule has 0 saturated carbocycles. The van der Waals surface area contributed by atoms with Gasteiger partial charge < -0.3 is 5.32 Å². The van der Waals surface area contributed by atoms with Crippen LogP contribution in [0.25, 0.3) is 10.9 Å². The SMILES string of the molecule is Cc1cccc2c(NCCS(C)(=O)=O)c(C#N)cnc12. The lowest BCUT2D eigenvalue weighted by Crippen LogP contribution is -2.15. The van der Waals surface area contributed by atoms with Crippen LogP contribution in [-0.2, 0) is 9.84 Å². The summed E-state index contributed by atoms with van der Waals surface area (Å²) in [5.74, 6) is 0.0213. The number of rotatable bonds is 4. The number of benzene rings is 1. The Morgan fingerprint density at radius 2 is 2.15 bits per heavy atom. The van der Waals surface area contributed by atoms with Crippen LogP contribution in [0.1, 0.15) is 11.1 Å². The number of para-hydroxylation sites is 1. The van der Waals surface area contributed by atoms with Crippen molar-refractivity contribution in [3.05, 3.63) is 35.5 Å². The van der Waals surface area contributed by atoms with E-state index in [-0.39, 0.29) is 12.3 Å². The molecule has 5 nitrogen and oxygen atoms in total. The van der Waals surface area contributed by atoms with E-state index in [4.69, 9.17) is 5.26 Å². The van der Waals surface area contributed by atoms with Gasteiger partial charge in [0.25, 0.3) is 0 Å². The fourth-order valence-electron chi connectivity index (χ4n) is 2.01. The van der Waals surface area contributed by atoms with E-state index in [1.165, 1.54) is 12.5 Å². The van der Waals surface area contributed by atoms with Crippen LogP contribution in [0.3, 0.4) is 0 Å². The lowest BCUT2D eigenvalue weighted by atomic mass is 10.1. The highest BCUT2D eigenvalue weighted by atomic mass is 32.2. The molecule has 1 N–H and O–H groups in total. The molecule has 2 rings (SSSR count). The number of hydrogen-bond acceptors (Lipinski definition) is 5. The second kappa shape index (κ2) is 5.47. The zero-order chi connectivity index (χ0) is 14.8. The summed E-state index contributed by atoms with van der Waals surface area (Å²) < 4.78 is 22.4. The van der Waals surface area contributed by atoms with Gasteiger partial charge in [0.05, 0.1) is 22.5 Å². The van der Waals surface area contributed by atoms with Gasteiger partial charge >= 0.3 is 0 Å². The molecule has 0 spiro atoms. The highest BCUT2D eigenvalue weighted by Gasteiger charge is 2.10. The van der Waals surface area contributed by atoms with Gasteiger partial charge in [-0.15, -0.1) is 0 Å². The third-order valence-corrected chi connectivity index (χ3v) is 3.94. The van der Waals surface area contributed by atoms with Crippen LogP contribution < -0.4 is 5.32 Å². The summed E-state index contributed by atoms with van der Waals surface area (Å²) in [7, 11) is -3.04. The minimum absolute atomic E-state index is 0.0213. The Balaban J connectivity index is 2.44. The topological polar surface area (TPSA) is 82.9 Å². The molecule has 0 amide bonds. The summed E-state index contributed by atoms with van der Waals surface area (Å²) >= 11 is 0. The summed E-state index contributed by atoms with van der Waals surface area (Å²) in [6.45, 7) is 2.21. The Morgan fingerprint density at radius 1 is 1.40 bits per heavy atom. The van der Waals surface area contributed by atoms with Crippen molar-refractivity contribution in [3.8, 4) is 6.07 Å². The third kappa shape index (κ3) is 3.06. The molecule has 1 aromatic carbocycles. The van der Waals surface area contributed by atoms with Crippen molar-refractivity contribution in [2.75, 3.05) is 23.9 Å². The number of sulfone groups is 1. The van der Waals surface area contributed by atoms with E-state index in [1.54, 1.807) is 0 Å². The van der Waals surface area contributed by atoms with Crippen LogP contribution in [0.2, 0.25) is 0 Å². The molecule has 2 aromatic rings. The molecule has 0 aliphatic carbocycles. The minimum atomic E-state index is -3.04. The normalized spacial score (nSPS) is 11.2. The van der Waals surface area contributed by atoms with E-state index in [1.807, 2.05) is 25.1 Å². The number of anilines is 1. The monoisotopic (exact) mass is 289 g/mol. The van der Waals surface area contributed by atoms with E-state index in [2.05, 4.69) is 16.4 Å². The van der Waals surface area contributed by atoms with Gasteiger partial charge in [-0.3, -0.25) is 4.98 Å². The molecule has 0 saturated heterocycles. The van der Waals surface area contributed by atoms with Crippen LogP contribution in [0.4, 0.5) is 5.69 Å². The first kappa shape index (κ1) is 14.3. The third-order valence-electron chi connectivity index (χ3n) is 2.99. The van der Waals surface area contributed by atoms with E-state index < -0.39 is 9.84 Å². The van der Waals surface area contributed by atoms with Crippen molar-refractivity contribution in [3.63, 3.8) is 0 Å². The molecule has 0 bridgehead atoms. The second-order valence-corrected chi connectivity index (χ2v) is 6.95. The van der Waals surface area contributed by atoms with Crippen LogP contribution >= 0.6 is 0 Å². The quantitative estimate of drug-likeness (QED) is 0.929. The molecule has 1 aromatic heterocycles. The van der Waals surface area contributed by atoms with Gasteiger partial charge in [-0.25, -0.2) is 8.42 Å². The Kier molecular flexibility index (Phi) is 3.91. The zero-order valence-corrected chi connectivity index (χ0v) is 12.2. The van der Waals surface area contributed by atoms with Gasteiger partial charge in [-0.1, -0.05) is 18.2 Å². The highest BCUT2D eigenvalue weighted by molar-refractivity contribution is 7.90. The van der Waals surface area contributed by atoms with Crippen molar-refractivity contribution in [2.24, 2.45) is 0 Å². The summed E-state index contributed by atoms with van der Waals surface area (Å²) in [4.78, 5) is 4.29. The van der Waals surface area contributed by atoms with E-state index in [0.717, 1.165) is 16.5 Å². The first-order valence-electron chi connectivity index (χ1n) is 6.12. The number of pyridine rings is 1. The predicted octanol–water partition coefficient (Wildman–Crippen LogP) is 1.87. The highest BCUT2D eigenvalue weighted by Crippen LogP contribution is 2.27. The molecule has 1 heterocycles. The first-order chi connectivity index (χ1) is 9.42. The predicted molar refractivity (Wildman–Crippen MR) is 79.4 cm³/mol. The molecule has 0 aliphatic rings. The van der Waals surface area contributed by atoms with Gasteiger partial charge in [0.15, 0.2) is 0 Å². The Hall–Kier alpha value is -2.13. The molecular weight excluding hydrogens is 274 g/mol. The van der Waals surface area contributed by atoms with Gasteiger partial charge in [-0.05, 0) is 12.5 Å². The summed E-state index contributed by atoms with van der Waals surface area (Å²) in [6, 6.07) is 7.79. The summed E-state index contributed by atoms with van der Waals surface area (Å²) in [5, 5.41) is 13.0. The molecule has 0 unspecified atom stereocenters. The van der Waals surface area contributed by atoms with Crippen LogP contribution in [0.15, 0.2) is 24.4 Å². The smallest absolute Gasteiger partial charge is 0.149 e. The van der Waals surface area contributed by atoms with Gasteiger partial charge in [0, 0.05) is 24.4 Å². The number of aryl methyl sites for hydroxylation is 1. The van der Waals surface area contributed by atoms with Gasteiger partial charge in [0.2, 0.25) is 0 Å². The van der Waals surface area contributed by atoms with Crippen LogP contribution in [0.5, 0.6) is 0 Å². The number of hydrogen-bond donors (Lipinski definition) is 1. The molecule has 0 radical (unpaired) electrons. The van der Waals surface area contributed by atoms with Gasteiger partial charge in [0.1, 0.15) is 15.9 Å². The molecule has 0 fully saturated rings. The molecule has 0 atom stereocenters. The second-order valence-electron chi connectivity index (χ2n) is 4.69. The van der Waals surface area contributed by atoms with Crippen molar-refractivity contribution < 1.29 is 8.42 Å². The molecule has 104 valence electrons. The lowest BCUT2D eigenvalue weighted by Gasteiger charge is -2.11. The summed E-state index contributed by atoms with van der Waals surface area (Å²) in [6.07, 6.45) is 2.70. The summed E-state index contributed by atoms with van der Waals surface area (Å²) in [5.41, 5.74) is 2.88. The zero-order valence-electron chi connectivity index (χ0n) is 11.3. The Bertz CT molecular complexity index is 792.